The van der Waals surface area contributed by atoms with Crippen LogP contribution in [0.25, 0.3) is 0 Å². The molecule has 0 aromatic heterocycles. The molecular weight excluding hydrogens is 199 g/mol. The molecule has 0 radical (unpaired) electrons. The molecule has 14 heavy (non-hydrogen) atoms. The van der Waals surface area contributed by atoms with Gasteiger partial charge in [-0.3, -0.25) is 4.79 Å². The molecule has 0 heterocycles. The summed E-state index contributed by atoms with van der Waals surface area (Å²) in [6.45, 7) is 0. The van der Waals surface area contributed by atoms with Crippen LogP contribution in [0, 0.1) is 11.7 Å². The third kappa shape index (κ3) is 2.35. The fraction of sp³-hybridized carbons (Fsp3) is 0.364. The third-order valence-electron chi connectivity index (χ3n) is 2.24. The lowest BCUT2D eigenvalue weighted by Gasteiger charge is -2.01. The van der Waals surface area contributed by atoms with Crippen LogP contribution in [0.4, 0.5) is 4.39 Å². The highest BCUT2D eigenvalue weighted by molar-refractivity contribution is 8.00. The number of benzene rings is 1. The number of carbonyl (C=O) groups is 1. The van der Waals surface area contributed by atoms with Crippen molar-refractivity contribution in [2.24, 2.45) is 5.92 Å². The second-order valence-electron chi connectivity index (χ2n) is 3.46. The van der Waals surface area contributed by atoms with Gasteiger partial charge in [0.2, 0.25) is 0 Å². The first-order valence-electron chi connectivity index (χ1n) is 4.67. The van der Waals surface area contributed by atoms with Crippen LogP contribution in [-0.4, -0.2) is 11.5 Å². The summed E-state index contributed by atoms with van der Waals surface area (Å²) in [6, 6.07) is 6.57. The molecule has 1 nitrogen and oxygen atoms in total. The molecular formula is C11H11FOS. The van der Waals surface area contributed by atoms with Gasteiger partial charge >= 0.3 is 0 Å². The molecule has 1 saturated carbocycles. The number of halogens is 1. The highest BCUT2D eigenvalue weighted by Crippen LogP contribution is 2.32. The van der Waals surface area contributed by atoms with Crippen LogP contribution in [0.3, 0.4) is 0 Å². The van der Waals surface area contributed by atoms with Crippen LogP contribution in [0.1, 0.15) is 12.8 Å². The highest BCUT2D eigenvalue weighted by Gasteiger charge is 2.29. The van der Waals surface area contributed by atoms with Gasteiger partial charge in [0.1, 0.15) is 11.6 Å². The Balaban J connectivity index is 1.91. The molecule has 0 unspecified atom stereocenters. The van der Waals surface area contributed by atoms with E-state index < -0.39 is 0 Å². The van der Waals surface area contributed by atoms with Gasteiger partial charge in [0.25, 0.3) is 0 Å². The topological polar surface area (TPSA) is 17.1 Å². The van der Waals surface area contributed by atoms with Crippen LogP contribution in [0.5, 0.6) is 0 Å². The molecule has 2 rings (SSSR count). The lowest BCUT2D eigenvalue weighted by molar-refractivity contribution is -0.117. The largest absolute Gasteiger partial charge is 0.298 e. The van der Waals surface area contributed by atoms with Gasteiger partial charge in [0, 0.05) is 10.8 Å². The number of carbonyl (C=O) groups excluding carboxylic acids is 1. The van der Waals surface area contributed by atoms with Crippen LogP contribution < -0.4 is 0 Å². The zero-order chi connectivity index (χ0) is 9.97. The van der Waals surface area contributed by atoms with Crippen molar-refractivity contribution >= 4 is 17.5 Å². The quantitative estimate of drug-likeness (QED) is 0.711. The molecule has 0 N–H and O–H groups in total. The maximum atomic E-state index is 13.1. The summed E-state index contributed by atoms with van der Waals surface area (Å²) in [6.07, 6.45) is 2.05. The maximum Gasteiger partial charge on any atom is 0.146 e. The Bertz CT molecular complexity index is 347. The molecule has 0 saturated heterocycles. The minimum atomic E-state index is -0.235. The van der Waals surface area contributed by atoms with Crippen molar-refractivity contribution in [2.75, 3.05) is 5.75 Å². The SMILES string of the molecule is O=C(CSc1ccccc1F)C1CC1. The number of hydrogen-bond acceptors (Lipinski definition) is 2. The van der Waals surface area contributed by atoms with E-state index >= 15 is 0 Å². The lowest BCUT2D eigenvalue weighted by atomic mass is 10.3. The van der Waals surface area contributed by atoms with Crippen molar-refractivity contribution in [1.82, 2.24) is 0 Å². The zero-order valence-electron chi connectivity index (χ0n) is 7.70. The zero-order valence-corrected chi connectivity index (χ0v) is 8.52. The predicted molar refractivity (Wildman–Crippen MR) is 54.9 cm³/mol. The van der Waals surface area contributed by atoms with Crippen molar-refractivity contribution in [1.29, 1.82) is 0 Å². The van der Waals surface area contributed by atoms with Gasteiger partial charge in [-0.25, -0.2) is 4.39 Å². The number of thioether (sulfide) groups is 1. The lowest BCUT2D eigenvalue weighted by Crippen LogP contribution is -2.03. The average molecular weight is 210 g/mol. The molecule has 0 spiro atoms. The van der Waals surface area contributed by atoms with Crippen molar-refractivity contribution in [3.8, 4) is 0 Å². The first kappa shape index (κ1) is 9.71. The van der Waals surface area contributed by atoms with Crippen LogP contribution >= 0.6 is 11.8 Å². The first-order chi connectivity index (χ1) is 6.77. The Labute approximate surface area is 86.7 Å². The molecule has 0 aliphatic heterocycles. The minimum Gasteiger partial charge on any atom is -0.298 e. The molecule has 74 valence electrons. The number of ketones is 1. The fourth-order valence-corrected chi connectivity index (χ4v) is 2.15. The Kier molecular flexibility index (Phi) is 2.87. The summed E-state index contributed by atoms with van der Waals surface area (Å²) in [7, 11) is 0. The van der Waals surface area contributed by atoms with Crippen LogP contribution in [0.15, 0.2) is 29.2 Å². The second kappa shape index (κ2) is 4.13. The highest BCUT2D eigenvalue weighted by atomic mass is 32.2. The Hall–Kier alpha value is -0.830. The van der Waals surface area contributed by atoms with E-state index in [0.717, 1.165) is 12.8 Å². The van der Waals surface area contributed by atoms with Gasteiger partial charge < -0.3 is 0 Å². The molecule has 1 aliphatic carbocycles. The third-order valence-corrected chi connectivity index (χ3v) is 3.31. The van der Waals surface area contributed by atoms with Gasteiger partial charge in [-0.05, 0) is 25.0 Å². The summed E-state index contributed by atoms with van der Waals surface area (Å²) >= 11 is 1.30. The second-order valence-corrected chi connectivity index (χ2v) is 4.48. The van der Waals surface area contributed by atoms with E-state index in [1.807, 2.05) is 0 Å². The summed E-state index contributed by atoms with van der Waals surface area (Å²) in [5.74, 6) is 0.708. The van der Waals surface area contributed by atoms with Gasteiger partial charge in [-0.15, -0.1) is 11.8 Å². The van der Waals surface area contributed by atoms with E-state index in [2.05, 4.69) is 0 Å². The Morgan fingerprint density at radius 2 is 2.14 bits per heavy atom. The molecule has 0 bridgehead atoms. The van der Waals surface area contributed by atoms with Crippen molar-refractivity contribution in [3.05, 3.63) is 30.1 Å². The molecule has 0 atom stereocenters. The predicted octanol–water partition coefficient (Wildman–Crippen LogP) is 2.90. The van der Waals surface area contributed by atoms with E-state index in [0.29, 0.717) is 10.6 Å². The van der Waals surface area contributed by atoms with Crippen molar-refractivity contribution < 1.29 is 9.18 Å². The Morgan fingerprint density at radius 1 is 1.43 bits per heavy atom. The van der Waals surface area contributed by atoms with E-state index in [4.69, 9.17) is 0 Å². The van der Waals surface area contributed by atoms with Crippen molar-refractivity contribution in [2.45, 2.75) is 17.7 Å². The molecule has 1 aromatic rings. The Morgan fingerprint density at radius 3 is 2.79 bits per heavy atom. The molecule has 3 heteroatoms. The van der Waals surface area contributed by atoms with Gasteiger partial charge in [0.05, 0.1) is 5.75 Å². The molecule has 1 aromatic carbocycles. The maximum absolute atomic E-state index is 13.1. The van der Waals surface area contributed by atoms with Crippen LogP contribution in [0.2, 0.25) is 0 Å². The molecule has 0 amide bonds. The van der Waals surface area contributed by atoms with E-state index in [-0.39, 0.29) is 17.5 Å². The monoisotopic (exact) mass is 210 g/mol. The average Bonchev–Trinajstić information content (AvgIpc) is 2.99. The van der Waals surface area contributed by atoms with Crippen LogP contribution in [-0.2, 0) is 4.79 Å². The summed E-state index contributed by atoms with van der Waals surface area (Å²) < 4.78 is 13.1. The van der Waals surface area contributed by atoms with Gasteiger partial charge in [0.15, 0.2) is 0 Å². The summed E-state index contributed by atoms with van der Waals surface area (Å²) in [4.78, 5) is 11.9. The van der Waals surface area contributed by atoms with E-state index in [9.17, 15) is 9.18 Å². The van der Waals surface area contributed by atoms with Crippen molar-refractivity contribution in [3.63, 3.8) is 0 Å². The summed E-state index contributed by atoms with van der Waals surface area (Å²) in [5, 5.41) is 0. The standard InChI is InChI=1S/C11H11FOS/c12-9-3-1-2-4-11(9)14-7-10(13)8-5-6-8/h1-4,8H,5-7H2. The van der Waals surface area contributed by atoms with Gasteiger partial charge in [-0.1, -0.05) is 12.1 Å². The number of hydrogen-bond donors (Lipinski definition) is 0. The molecule has 1 aliphatic rings. The molecule has 1 fully saturated rings. The number of Topliss-reactive ketones (excluding diaryl/α,β-unsaturated/α-hetero) is 1. The van der Waals surface area contributed by atoms with E-state index in [1.54, 1.807) is 18.2 Å². The van der Waals surface area contributed by atoms with Gasteiger partial charge in [-0.2, -0.15) is 0 Å². The van der Waals surface area contributed by atoms with E-state index in [1.165, 1.54) is 17.8 Å². The first-order valence-corrected chi connectivity index (χ1v) is 5.66. The minimum absolute atomic E-state index is 0.235. The fourth-order valence-electron chi connectivity index (χ4n) is 1.23. The number of rotatable bonds is 4. The normalized spacial score (nSPS) is 15.5. The smallest absolute Gasteiger partial charge is 0.146 e. The summed E-state index contributed by atoms with van der Waals surface area (Å²) in [5.41, 5.74) is 0.